The van der Waals surface area contributed by atoms with Crippen LogP contribution < -0.4 is 0 Å². The molecule has 2 rings (SSSR count). The monoisotopic (exact) mass is 232 g/mol. The molecule has 0 aromatic heterocycles. The fourth-order valence-corrected chi connectivity index (χ4v) is 2.36. The van der Waals surface area contributed by atoms with Gasteiger partial charge in [-0.2, -0.15) is 13.2 Å². The fraction of sp³-hybridized carbons (Fsp3) is 0.500. The van der Waals surface area contributed by atoms with E-state index in [4.69, 9.17) is 0 Å². The number of fused-ring (bicyclic) bond motifs is 1. The van der Waals surface area contributed by atoms with Gasteiger partial charge in [-0.15, -0.1) is 0 Å². The van der Waals surface area contributed by atoms with Crippen molar-refractivity contribution in [1.29, 1.82) is 0 Å². The maximum atomic E-state index is 13.0. The fourth-order valence-electron chi connectivity index (χ4n) is 2.36. The van der Waals surface area contributed by atoms with E-state index in [9.17, 15) is 17.6 Å². The summed E-state index contributed by atoms with van der Waals surface area (Å²) in [4.78, 5) is 0. The van der Waals surface area contributed by atoms with E-state index in [1.807, 2.05) is 0 Å². The molecule has 0 nitrogen and oxygen atoms in total. The summed E-state index contributed by atoms with van der Waals surface area (Å²) in [5.41, 5.74) is 1.41. The van der Waals surface area contributed by atoms with Crippen molar-refractivity contribution in [3.05, 3.63) is 35.1 Å². The van der Waals surface area contributed by atoms with Gasteiger partial charge in [-0.25, -0.2) is 4.39 Å². The molecular formula is C12H12F4. The minimum atomic E-state index is -4.18. The Bertz CT molecular complexity index is 381. The maximum Gasteiger partial charge on any atom is 0.389 e. The van der Waals surface area contributed by atoms with Crippen molar-refractivity contribution in [2.75, 3.05) is 0 Å². The maximum absolute atomic E-state index is 13.0. The lowest BCUT2D eigenvalue weighted by molar-refractivity contribution is -0.139. The highest BCUT2D eigenvalue weighted by Gasteiger charge is 2.34. The Labute approximate surface area is 91.3 Å². The first-order chi connectivity index (χ1) is 7.46. The standard InChI is InChI=1S/C12H12F4/c13-10-5-4-8-2-1-3-9(11(8)6-10)7-12(14,15)16/h4-6,9H,1-3,7H2. The van der Waals surface area contributed by atoms with E-state index in [2.05, 4.69) is 0 Å². The molecule has 0 fully saturated rings. The highest BCUT2D eigenvalue weighted by molar-refractivity contribution is 5.33. The summed E-state index contributed by atoms with van der Waals surface area (Å²) in [5, 5.41) is 0. The van der Waals surface area contributed by atoms with Gasteiger partial charge in [0.05, 0.1) is 6.42 Å². The van der Waals surface area contributed by atoms with Crippen LogP contribution in [0, 0.1) is 5.82 Å². The smallest absolute Gasteiger partial charge is 0.207 e. The highest BCUT2D eigenvalue weighted by Crippen LogP contribution is 2.39. The number of rotatable bonds is 1. The van der Waals surface area contributed by atoms with E-state index in [1.165, 1.54) is 12.1 Å². The van der Waals surface area contributed by atoms with Crippen LogP contribution in [0.25, 0.3) is 0 Å². The van der Waals surface area contributed by atoms with Crippen LogP contribution in [0.2, 0.25) is 0 Å². The van der Waals surface area contributed by atoms with Crippen molar-refractivity contribution >= 4 is 0 Å². The zero-order valence-corrected chi connectivity index (χ0v) is 8.65. The first kappa shape index (κ1) is 11.4. The largest absolute Gasteiger partial charge is 0.389 e. The summed E-state index contributed by atoms with van der Waals surface area (Å²) < 4.78 is 50.0. The molecule has 1 aliphatic carbocycles. The molecule has 1 atom stereocenters. The Morgan fingerprint density at radius 2 is 2.00 bits per heavy atom. The lowest BCUT2D eigenvalue weighted by Crippen LogP contribution is -2.18. The van der Waals surface area contributed by atoms with Crippen LogP contribution in [-0.2, 0) is 6.42 Å². The predicted octanol–water partition coefficient (Wildman–Crippen LogP) is 4.20. The van der Waals surface area contributed by atoms with Crippen molar-refractivity contribution in [3.8, 4) is 0 Å². The molecule has 88 valence electrons. The third-order valence-corrected chi connectivity index (χ3v) is 3.02. The SMILES string of the molecule is Fc1ccc2c(c1)C(CC(F)(F)F)CCC2. The molecule has 16 heavy (non-hydrogen) atoms. The first-order valence-corrected chi connectivity index (χ1v) is 5.31. The molecule has 1 aromatic rings. The molecule has 0 aliphatic heterocycles. The topological polar surface area (TPSA) is 0 Å². The highest BCUT2D eigenvalue weighted by atomic mass is 19.4. The van der Waals surface area contributed by atoms with Crippen LogP contribution in [-0.4, -0.2) is 6.18 Å². The van der Waals surface area contributed by atoms with Crippen LogP contribution in [0.3, 0.4) is 0 Å². The third-order valence-electron chi connectivity index (χ3n) is 3.02. The van der Waals surface area contributed by atoms with Crippen molar-refractivity contribution in [2.45, 2.75) is 37.8 Å². The average Bonchev–Trinajstić information content (AvgIpc) is 2.17. The zero-order chi connectivity index (χ0) is 11.8. The second kappa shape index (κ2) is 4.07. The second-order valence-corrected chi connectivity index (χ2v) is 4.25. The molecule has 4 heteroatoms. The zero-order valence-electron chi connectivity index (χ0n) is 8.65. The second-order valence-electron chi connectivity index (χ2n) is 4.25. The Hall–Kier alpha value is -1.06. The number of hydrogen-bond acceptors (Lipinski definition) is 0. The molecule has 1 aromatic carbocycles. The van der Waals surface area contributed by atoms with Crippen LogP contribution in [0.4, 0.5) is 17.6 Å². The summed E-state index contributed by atoms with van der Waals surface area (Å²) in [6.45, 7) is 0. The molecule has 0 bridgehead atoms. The molecule has 0 saturated heterocycles. The van der Waals surface area contributed by atoms with Crippen molar-refractivity contribution < 1.29 is 17.6 Å². The molecular weight excluding hydrogens is 220 g/mol. The van der Waals surface area contributed by atoms with Gasteiger partial charge in [0.2, 0.25) is 0 Å². The van der Waals surface area contributed by atoms with Crippen molar-refractivity contribution in [2.24, 2.45) is 0 Å². The van der Waals surface area contributed by atoms with Crippen LogP contribution in [0.1, 0.15) is 36.3 Å². The Kier molecular flexibility index (Phi) is 2.91. The minimum Gasteiger partial charge on any atom is -0.207 e. The van der Waals surface area contributed by atoms with Gasteiger partial charge >= 0.3 is 6.18 Å². The molecule has 0 spiro atoms. The van der Waals surface area contributed by atoms with Gasteiger partial charge in [-0.1, -0.05) is 6.07 Å². The quantitative estimate of drug-likeness (QED) is 0.636. The summed E-state index contributed by atoms with van der Waals surface area (Å²) in [5.74, 6) is -1.02. The Morgan fingerprint density at radius 3 is 2.69 bits per heavy atom. The van der Waals surface area contributed by atoms with Crippen LogP contribution >= 0.6 is 0 Å². The molecule has 0 N–H and O–H groups in total. The molecule has 0 radical (unpaired) electrons. The Balaban J connectivity index is 2.28. The number of aryl methyl sites for hydroxylation is 1. The average molecular weight is 232 g/mol. The van der Waals surface area contributed by atoms with E-state index in [-0.39, 0.29) is 0 Å². The van der Waals surface area contributed by atoms with Gasteiger partial charge in [0, 0.05) is 0 Å². The lowest BCUT2D eigenvalue weighted by Gasteiger charge is -2.26. The van der Waals surface area contributed by atoms with Gasteiger partial charge in [0.25, 0.3) is 0 Å². The number of halogens is 4. The lowest BCUT2D eigenvalue weighted by atomic mass is 9.81. The van der Waals surface area contributed by atoms with Gasteiger partial charge in [-0.3, -0.25) is 0 Å². The number of hydrogen-bond donors (Lipinski definition) is 0. The van der Waals surface area contributed by atoms with E-state index in [0.717, 1.165) is 18.4 Å². The molecule has 0 heterocycles. The van der Waals surface area contributed by atoms with E-state index in [1.54, 1.807) is 6.07 Å². The first-order valence-electron chi connectivity index (χ1n) is 5.31. The predicted molar refractivity (Wildman–Crippen MR) is 52.8 cm³/mol. The van der Waals surface area contributed by atoms with Gasteiger partial charge < -0.3 is 0 Å². The minimum absolute atomic E-state index is 0.451. The normalized spacial score (nSPS) is 20.6. The van der Waals surface area contributed by atoms with Crippen LogP contribution in [0.15, 0.2) is 18.2 Å². The summed E-state index contributed by atoms with van der Waals surface area (Å²) in [7, 11) is 0. The van der Waals surface area contributed by atoms with Crippen molar-refractivity contribution in [1.82, 2.24) is 0 Å². The van der Waals surface area contributed by atoms with E-state index in [0.29, 0.717) is 12.0 Å². The van der Waals surface area contributed by atoms with Gasteiger partial charge in [0.1, 0.15) is 5.82 Å². The van der Waals surface area contributed by atoms with E-state index >= 15 is 0 Å². The van der Waals surface area contributed by atoms with Gasteiger partial charge in [0.15, 0.2) is 0 Å². The summed E-state index contributed by atoms with van der Waals surface area (Å²) >= 11 is 0. The number of benzene rings is 1. The van der Waals surface area contributed by atoms with Gasteiger partial charge in [-0.05, 0) is 48.4 Å². The molecule has 1 unspecified atom stereocenters. The van der Waals surface area contributed by atoms with Crippen molar-refractivity contribution in [3.63, 3.8) is 0 Å². The summed E-state index contributed by atoms with van der Waals surface area (Å²) in [6, 6.07) is 4.17. The summed E-state index contributed by atoms with van der Waals surface area (Å²) in [6.07, 6.45) is -3.02. The van der Waals surface area contributed by atoms with E-state index < -0.39 is 24.3 Å². The Morgan fingerprint density at radius 1 is 1.25 bits per heavy atom. The van der Waals surface area contributed by atoms with Crippen LogP contribution in [0.5, 0.6) is 0 Å². The molecule has 0 amide bonds. The molecule has 1 aliphatic rings. The third kappa shape index (κ3) is 2.54. The molecule has 0 saturated carbocycles. The number of alkyl halides is 3.